The van der Waals surface area contributed by atoms with Crippen LogP contribution in [-0.2, 0) is 0 Å². The lowest BCUT2D eigenvalue weighted by atomic mass is 9.98. The zero-order valence-electron chi connectivity index (χ0n) is 10.7. The second-order valence-corrected chi connectivity index (χ2v) is 4.05. The number of benzene rings is 1. The maximum atomic E-state index is 8.83. The molecule has 1 rings (SSSR count). The molecule has 0 fully saturated rings. The minimum atomic E-state index is -0.0955. The molecule has 4 N–H and O–H groups in total. The van der Waals surface area contributed by atoms with E-state index in [0.29, 0.717) is 6.54 Å². The summed E-state index contributed by atoms with van der Waals surface area (Å²) in [6, 6.07) is 9.82. The van der Waals surface area contributed by atoms with Gasteiger partial charge >= 0.3 is 0 Å². The van der Waals surface area contributed by atoms with Gasteiger partial charge in [0.25, 0.3) is 0 Å². The van der Waals surface area contributed by atoms with Crippen molar-refractivity contribution in [1.29, 1.82) is 0 Å². The lowest BCUT2D eigenvalue weighted by Crippen LogP contribution is -2.32. The fourth-order valence-corrected chi connectivity index (χ4v) is 1.75. The summed E-state index contributed by atoms with van der Waals surface area (Å²) in [5, 5.41) is 15.3. The Morgan fingerprint density at radius 2 is 2.17 bits per heavy atom. The van der Waals surface area contributed by atoms with Gasteiger partial charge in [-0.2, -0.15) is 0 Å². The molecule has 0 aromatic heterocycles. The Morgan fingerprint density at radius 3 is 2.78 bits per heavy atom. The molecule has 1 aromatic carbocycles. The van der Waals surface area contributed by atoms with Crippen LogP contribution in [0.1, 0.15) is 24.8 Å². The topological polar surface area (TPSA) is 70.6 Å². The Kier molecular flexibility index (Phi) is 6.58. The Morgan fingerprint density at radius 1 is 1.44 bits per heavy atom. The van der Waals surface area contributed by atoms with E-state index in [1.54, 1.807) is 0 Å². The molecule has 1 atom stereocenters. The van der Waals surface area contributed by atoms with E-state index < -0.39 is 0 Å². The van der Waals surface area contributed by atoms with Crippen LogP contribution in [-0.4, -0.2) is 24.1 Å². The van der Waals surface area contributed by atoms with Crippen LogP contribution in [0.25, 0.3) is 0 Å². The molecule has 4 heteroatoms. The Bertz CT molecular complexity index is 387. The number of allylic oxidation sites excluding steroid dienone is 1. The van der Waals surface area contributed by atoms with Crippen LogP contribution in [0.5, 0.6) is 0 Å². The fraction of sp³-hybridized carbons (Fsp3) is 0.357. The second kappa shape index (κ2) is 8.31. The van der Waals surface area contributed by atoms with E-state index in [0.717, 1.165) is 18.5 Å². The first-order chi connectivity index (χ1) is 8.79. The van der Waals surface area contributed by atoms with Gasteiger partial charge in [0.15, 0.2) is 0 Å². The average molecular weight is 247 g/mol. The van der Waals surface area contributed by atoms with Crippen LogP contribution in [0.4, 0.5) is 0 Å². The van der Waals surface area contributed by atoms with E-state index in [1.807, 2.05) is 43.3 Å². The number of nitrogens with two attached hydrogens (primary N) is 1. The molecule has 0 aliphatic carbocycles. The SMILES string of the molecule is C/C=C/CCNCC(/C(N)=N/O)c1ccccc1. The number of oxime groups is 1. The summed E-state index contributed by atoms with van der Waals surface area (Å²) in [6.07, 6.45) is 5.11. The first kappa shape index (κ1) is 14.3. The molecule has 0 bridgehead atoms. The highest BCUT2D eigenvalue weighted by Crippen LogP contribution is 2.14. The van der Waals surface area contributed by atoms with Gasteiger partial charge in [0.05, 0.1) is 5.92 Å². The smallest absolute Gasteiger partial charge is 0.147 e. The van der Waals surface area contributed by atoms with Crippen molar-refractivity contribution in [2.75, 3.05) is 13.1 Å². The van der Waals surface area contributed by atoms with Gasteiger partial charge in [0, 0.05) is 6.54 Å². The van der Waals surface area contributed by atoms with E-state index >= 15 is 0 Å². The highest BCUT2D eigenvalue weighted by molar-refractivity contribution is 5.87. The number of hydrogen-bond acceptors (Lipinski definition) is 3. The summed E-state index contributed by atoms with van der Waals surface area (Å²) < 4.78 is 0. The molecular weight excluding hydrogens is 226 g/mol. The van der Waals surface area contributed by atoms with Crippen molar-refractivity contribution in [2.24, 2.45) is 10.9 Å². The maximum Gasteiger partial charge on any atom is 0.147 e. The zero-order chi connectivity index (χ0) is 13.2. The molecule has 0 aliphatic rings. The number of nitrogens with zero attached hydrogens (tertiary/aromatic N) is 1. The number of amidine groups is 1. The van der Waals surface area contributed by atoms with Crippen LogP contribution < -0.4 is 11.1 Å². The molecule has 0 amide bonds. The van der Waals surface area contributed by atoms with Crippen molar-refractivity contribution in [2.45, 2.75) is 19.3 Å². The summed E-state index contributed by atoms with van der Waals surface area (Å²) in [7, 11) is 0. The van der Waals surface area contributed by atoms with Gasteiger partial charge in [-0.3, -0.25) is 0 Å². The third kappa shape index (κ3) is 4.59. The van der Waals surface area contributed by atoms with Gasteiger partial charge in [-0.25, -0.2) is 0 Å². The van der Waals surface area contributed by atoms with Crippen molar-refractivity contribution in [1.82, 2.24) is 5.32 Å². The van der Waals surface area contributed by atoms with Gasteiger partial charge in [0.1, 0.15) is 5.84 Å². The quantitative estimate of drug-likeness (QED) is 0.172. The van der Waals surface area contributed by atoms with Crippen LogP contribution in [0.3, 0.4) is 0 Å². The number of rotatable bonds is 7. The predicted octanol–water partition coefficient (Wildman–Crippen LogP) is 2.07. The molecule has 1 unspecified atom stereocenters. The van der Waals surface area contributed by atoms with Crippen molar-refractivity contribution < 1.29 is 5.21 Å². The van der Waals surface area contributed by atoms with Crippen LogP contribution in [0.15, 0.2) is 47.6 Å². The summed E-state index contributed by atoms with van der Waals surface area (Å²) in [5.74, 6) is 0.140. The van der Waals surface area contributed by atoms with Gasteiger partial charge in [-0.1, -0.05) is 47.6 Å². The molecule has 0 heterocycles. The van der Waals surface area contributed by atoms with E-state index in [2.05, 4.69) is 16.5 Å². The molecule has 0 aliphatic heterocycles. The highest BCUT2D eigenvalue weighted by atomic mass is 16.4. The predicted molar refractivity (Wildman–Crippen MR) is 74.9 cm³/mol. The lowest BCUT2D eigenvalue weighted by Gasteiger charge is -2.16. The standard InChI is InChI=1S/C14H21N3O/c1-2-3-7-10-16-11-13(14(15)17-18)12-8-5-4-6-9-12/h2-6,8-9,13,16,18H,7,10-11H2,1H3,(H2,15,17)/b3-2+. The van der Waals surface area contributed by atoms with Gasteiger partial charge in [0.2, 0.25) is 0 Å². The summed E-state index contributed by atoms with van der Waals surface area (Å²) in [4.78, 5) is 0. The molecule has 98 valence electrons. The Hall–Kier alpha value is -1.81. The van der Waals surface area contributed by atoms with Crippen molar-refractivity contribution in [3.05, 3.63) is 48.0 Å². The normalized spacial score (nSPS) is 13.9. The minimum Gasteiger partial charge on any atom is -0.409 e. The number of nitrogens with one attached hydrogen (secondary N) is 1. The minimum absolute atomic E-state index is 0.0955. The van der Waals surface area contributed by atoms with E-state index in [-0.39, 0.29) is 11.8 Å². The first-order valence-corrected chi connectivity index (χ1v) is 6.13. The summed E-state index contributed by atoms with van der Waals surface area (Å²) in [6.45, 7) is 3.55. The van der Waals surface area contributed by atoms with Crippen LogP contribution >= 0.6 is 0 Å². The largest absolute Gasteiger partial charge is 0.409 e. The second-order valence-electron chi connectivity index (χ2n) is 4.05. The summed E-state index contributed by atoms with van der Waals surface area (Å²) in [5.41, 5.74) is 6.78. The molecule has 0 radical (unpaired) electrons. The molecule has 1 aromatic rings. The van der Waals surface area contributed by atoms with Crippen LogP contribution in [0.2, 0.25) is 0 Å². The van der Waals surface area contributed by atoms with Gasteiger partial charge < -0.3 is 16.3 Å². The van der Waals surface area contributed by atoms with Crippen molar-refractivity contribution in [3.8, 4) is 0 Å². The highest BCUT2D eigenvalue weighted by Gasteiger charge is 2.15. The van der Waals surface area contributed by atoms with Gasteiger partial charge in [-0.15, -0.1) is 0 Å². The zero-order valence-corrected chi connectivity index (χ0v) is 10.7. The molecular formula is C14H21N3O. The molecule has 0 saturated heterocycles. The third-order valence-corrected chi connectivity index (χ3v) is 2.75. The van der Waals surface area contributed by atoms with Crippen molar-refractivity contribution >= 4 is 5.84 Å². The van der Waals surface area contributed by atoms with E-state index in [4.69, 9.17) is 10.9 Å². The molecule has 0 spiro atoms. The van der Waals surface area contributed by atoms with Gasteiger partial charge in [-0.05, 0) is 25.5 Å². The first-order valence-electron chi connectivity index (χ1n) is 6.13. The lowest BCUT2D eigenvalue weighted by molar-refractivity contribution is 0.315. The molecule has 18 heavy (non-hydrogen) atoms. The third-order valence-electron chi connectivity index (χ3n) is 2.75. The maximum absolute atomic E-state index is 8.83. The fourth-order valence-electron chi connectivity index (χ4n) is 1.75. The molecule has 4 nitrogen and oxygen atoms in total. The van der Waals surface area contributed by atoms with Crippen LogP contribution in [0, 0.1) is 0 Å². The summed E-state index contributed by atoms with van der Waals surface area (Å²) >= 11 is 0. The van der Waals surface area contributed by atoms with E-state index in [1.165, 1.54) is 0 Å². The average Bonchev–Trinajstić information content (AvgIpc) is 2.43. The Labute approximate surface area is 108 Å². The monoisotopic (exact) mass is 247 g/mol. The molecule has 0 saturated carbocycles. The van der Waals surface area contributed by atoms with E-state index in [9.17, 15) is 0 Å². The Balaban J connectivity index is 2.58. The van der Waals surface area contributed by atoms with Crippen molar-refractivity contribution in [3.63, 3.8) is 0 Å². The number of hydrogen-bond donors (Lipinski definition) is 3.